The van der Waals surface area contributed by atoms with Crippen molar-refractivity contribution >= 4 is 22.7 Å². The number of nitrogens with two attached hydrogens (primary N) is 3. The van der Waals surface area contributed by atoms with Gasteiger partial charge in [-0.15, -0.1) is 22.7 Å². The van der Waals surface area contributed by atoms with E-state index in [2.05, 4.69) is 91.9 Å². The molecule has 5 aromatic rings. The molecular weight excluding hydrogens is 527 g/mol. The molecule has 3 nitrogen and oxygen atoms in total. The molecule has 206 valence electrons. The minimum Gasteiger partial charge on any atom is -0.330 e. The number of aryl methyl sites for hydroxylation is 1. The molecule has 0 amide bonds. The summed E-state index contributed by atoms with van der Waals surface area (Å²) < 4.78 is 0. The zero-order chi connectivity index (χ0) is 27.9. The molecule has 6 N–H and O–H groups in total. The number of benzene rings is 3. The molecule has 5 rings (SSSR count). The maximum absolute atomic E-state index is 5.88. The van der Waals surface area contributed by atoms with Crippen LogP contribution in [0.2, 0.25) is 0 Å². The average Bonchev–Trinajstić information content (AvgIpc) is 3.65. The first-order chi connectivity index (χ1) is 19.6. The number of hydrogen-bond acceptors (Lipinski definition) is 5. The molecule has 0 radical (unpaired) electrons. The summed E-state index contributed by atoms with van der Waals surface area (Å²) in [7, 11) is 0. The van der Waals surface area contributed by atoms with Crippen molar-refractivity contribution in [1.29, 1.82) is 0 Å². The lowest BCUT2D eigenvalue weighted by atomic mass is 10.00. The minimum atomic E-state index is 0.650. The predicted octanol–water partition coefficient (Wildman–Crippen LogP) is 7.93. The van der Waals surface area contributed by atoms with Crippen LogP contribution in [0, 0.1) is 0 Å². The number of hydrogen-bond donors (Lipinski definition) is 3. The van der Waals surface area contributed by atoms with Crippen molar-refractivity contribution in [2.24, 2.45) is 17.2 Å². The Hall–Kier alpha value is -3.06. The third kappa shape index (κ3) is 6.80. The summed E-state index contributed by atoms with van der Waals surface area (Å²) in [5.74, 6) is 0. The van der Waals surface area contributed by atoms with E-state index in [9.17, 15) is 0 Å². The van der Waals surface area contributed by atoms with E-state index < -0.39 is 0 Å². The molecule has 0 aliphatic heterocycles. The highest BCUT2D eigenvalue weighted by Crippen LogP contribution is 2.39. The Kier molecular flexibility index (Phi) is 9.63. The summed E-state index contributed by atoms with van der Waals surface area (Å²) in [4.78, 5) is 5.14. The van der Waals surface area contributed by atoms with Crippen molar-refractivity contribution in [2.75, 3.05) is 19.6 Å². The van der Waals surface area contributed by atoms with Gasteiger partial charge in [-0.2, -0.15) is 0 Å². The third-order valence-electron chi connectivity index (χ3n) is 7.16. The Morgan fingerprint density at radius 1 is 0.450 bits per heavy atom. The monoisotopic (exact) mass is 565 g/mol. The van der Waals surface area contributed by atoms with Crippen LogP contribution < -0.4 is 17.2 Å². The maximum atomic E-state index is 5.88. The molecule has 2 heterocycles. The van der Waals surface area contributed by atoms with Crippen LogP contribution in [0.1, 0.15) is 35.6 Å². The normalized spacial score (nSPS) is 11.3. The first-order valence-corrected chi connectivity index (χ1v) is 15.9. The van der Waals surface area contributed by atoms with Gasteiger partial charge in [0.15, 0.2) is 0 Å². The zero-order valence-electron chi connectivity index (χ0n) is 23.3. The van der Waals surface area contributed by atoms with Crippen LogP contribution in [0.3, 0.4) is 0 Å². The molecule has 0 atom stereocenters. The van der Waals surface area contributed by atoms with Crippen LogP contribution in [-0.4, -0.2) is 19.6 Å². The standard InChI is InChI=1S/C35H39N3S2/c1-2-4-24-17-25(11-14-36)20-30(19-24)34-9-7-32(39-34)28-5-3-6-29(23-28)33-8-10-35(40-33)31-21-26(12-15-37)18-27(22-31)13-16-38/h3,5-10,17-23H,2,4,11-16,36-38H2,1H3. The highest BCUT2D eigenvalue weighted by Gasteiger charge is 2.11. The molecule has 0 aliphatic rings. The molecule has 0 unspecified atom stereocenters. The van der Waals surface area contributed by atoms with Crippen molar-refractivity contribution in [3.8, 4) is 41.8 Å². The Bertz CT molecular complexity index is 1400. The fraction of sp³-hybridized carbons (Fsp3) is 0.257. The van der Waals surface area contributed by atoms with Crippen molar-refractivity contribution in [2.45, 2.75) is 39.0 Å². The van der Waals surface area contributed by atoms with Gasteiger partial charge in [0.25, 0.3) is 0 Å². The molecule has 0 saturated heterocycles. The van der Waals surface area contributed by atoms with Crippen LogP contribution in [0.15, 0.2) is 84.9 Å². The smallest absolute Gasteiger partial charge is 0.0349 e. The fourth-order valence-corrected chi connectivity index (χ4v) is 7.28. The van der Waals surface area contributed by atoms with Gasteiger partial charge in [0.1, 0.15) is 0 Å². The second kappa shape index (κ2) is 13.5. The second-order valence-corrected chi connectivity index (χ2v) is 12.5. The van der Waals surface area contributed by atoms with Crippen molar-refractivity contribution in [1.82, 2.24) is 0 Å². The largest absolute Gasteiger partial charge is 0.330 e. The van der Waals surface area contributed by atoms with Gasteiger partial charge in [0.2, 0.25) is 0 Å². The molecule has 2 aromatic heterocycles. The van der Waals surface area contributed by atoms with Crippen LogP contribution in [-0.2, 0) is 25.7 Å². The lowest BCUT2D eigenvalue weighted by Gasteiger charge is -2.08. The maximum Gasteiger partial charge on any atom is 0.0349 e. The minimum absolute atomic E-state index is 0.650. The van der Waals surface area contributed by atoms with Crippen LogP contribution in [0.25, 0.3) is 41.8 Å². The van der Waals surface area contributed by atoms with E-state index in [1.54, 1.807) is 0 Å². The van der Waals surface area contributed by atoms with E-state index >= 15 is 0 Å². The number of thiophene rings is 2. The Labute approximate surface area is 246 Å². The van der Waals surface area contributed by atoms with Gasteiger partial charge >= 0.3 is 0 Å². The summed E-state index contributed by atoms with van der Waals surface area (Å²) in [5.41, 5.74) is 28.0. The van der Waals surface area contributed by atoms with Gasteiger partial charge < -0.3 is 17.2 Å². The van der Waals surface area contributed by atoms with Gasteiger partial charge in [0, 0.05) is 19.5 Å². The predicted molar refractivity (Wildman–Crippen MR) is 176 cm³/mol. The highest BCUT2D eigenvalue weighted by molar-refractivity contribution is 7.19. The Morgan fingerprint density at radius 2 is 0.825 bits per heavy atom. The molecule has 0 aliphatic carbocycles. The van der Waals surface area contributed by atoms with Gasteiger partial charge in [-0.1, -0.05) is 67.9 Å². The lowest BCUT2D eigenvalue weighted by Crippen LogP contribution is -2.06. The molecule has 0 fully saturated rings. The molecule has 0 saturated carbocycles. The topological polar surface area (TPSA) is 78.1 Å². The summed E-state index contributed by atoms with van der Waals surface area (Å²) in [6.45, 7) is 4.21. The van der Waals surface area contributed by atoms with Gasteiger partial charge in [-0.25, -0.2) is 0 Å². The Morgan fingerprint density at radius 3 is 1.20 bits per heavy atom. The van der Waals surface area contributed by atoms with Gasteiger partial charge in [0.05, 0.1) is 0 Å². The average molecular weight is 566 g/mol. The molecule has 40 heavy (non-hydrogen) atoms. The molecule has 0 bridgehead atoms. The third-order valence-corrected chi connectivity index (χ3v) is 9.52. The highest BCUT2D eigenvalue weighted by atomic mass is 32.1. The molecule has 5 heteroatoms. The van der Waals surface area contributed by atoms with Crippen LogP contribution in [0.4, 0.5) is 0 Å². The van der Waals surface area contributed by atoms with Crippen molar-refractivity contribution in [3.63, 3.8) is 0 Å². The molecule has 0 spiro atoms. The van der Waals surface area contributed by atoms with Crippen molar-refractivity contribution < 1.29 is 0 Å². The molecule has 3 aromatic carbocycles. The van der Waals surface area contributed by atoms with E-state index in [0.29, 0.717) is 19.6 Å². The SMILES string of the molecule is CCCc1cc(CCN)cc(-c2ccc(-c3cccc(-c4ccc(-c5cc(CCN)cc(CCN)c5)s4)c3)s2)c1. The van der Waals surface area contributed by atoms with Crippen LogP contribution in [0.5, 0.6) is 0 Å². The van der Waals surface area contributed by atoms with E-state index in [4.69, 9.17) is 17.2 Å². The zero-order valence-corrected chi connectivity index (χ0v) is 24.9. The lowest BCUT2D eigenvalue weighted by molar-refractivity contribution is 0.910. The van der Waals surface area contributed by atoms with Crippen LogP contribution >= 0.6 is 22.7 Å². The molecular formula is C35H39N3S2. The fourth-order valence-electron chi connectivity index (χ4n) is 5.30. The first kappa shape index (κ1) is 28.5. The van der Waals surface area contributed by atoms with E-state index in [0.717, 1.165) is 32.1 Å². The summed E-state index contributed by atoms with van der Waals surface area (Å²) in [6.07, 6.45) is 4.92. The van der Waals surface area contributed by atoms with E-state index in [1.165, 1.54) is 64.0 Å². The summed E-state index contributed by atoms with van der Waals surface area (Å²) in [6, 6.07) is 31.7. The van der Waals surface area contributed by atoms with Gasteiger partial charge in [-0.05, 0) is 120 Å². The van der Waals surface area contributed by atoms with Gasteiger partial charge in [-0.3, -0.25) is 0 Å². The quantitative estimate of drug-likeness (QED) is 0.144. The van der Waals surface area contributed by atoms with E-state index in [1.807, 2.05) is 22.7 Å². The number of rotatable bonds is 12. The first-order valence-electron chi connectivity index (χ1n) is 14.3. The Balaban J connectivity index is 1.42. The summed E-state index contributed by atoms with van der Waals surface area (Å²) >= 11 is 3.70. The van der Waals surface area contributed by atoms with E-state index in [-0.39, 0.29) is 0 Å². The van der Waals surface area contributed by atoms with Crippen molar-refractivity contribution in [3.05, 3.63) is 107 Å². The second-order valence-electron chi connectivity index (χ2n) is 10.4. The summed E-state index contributed by atoms with van der Waals surface area (Å²) in [5, 5.41) is 0.